The van der Waals surface area contributed by atoms with Gasteiger partial charge in [0.25, 0.3) is 0 Å². The van der Waals surface area contributed by atoms with Crippen molar-refractivity contribution in [3.05, 3.63) is 65.9 Å². The van der Waals surface area contributed by atoms with Crippen molar-refractivity contribution in [3.8, 4) is 0 Å². The Kier molecular flexibility index (Phi) is 4.21. The van der Waals surface area contributed by atoms with Crippen molar-refractivity contribution in [1.82, 2.24) is 4.98 Å². The summed E-state index contributed by atoms with van der Waals surface area (Å²) in [4.78, 5) is 20.5. The zero-order chi connectivity index (χ0) is 18.1. The number of piperazine rings is 1. The minimum Gasteiger partial charge on any atom is -0.478 e. The lowest BCUT2D eigenvalue weighted by molar-refractivity contribution is 0.0697. The van der Waals surface area contributed by atoms with Crippen LogP contribution in [0.4, 0.5) is 11.4 Å². The molecule has 1 aromatic heterocycles. The van der Waals surface area contributed by atoms with Gasteiger partial charge in [0.2, 0.25) is 0 Å². The monoisotopic (exact) mass is 347 g/mol. The minimum atomic E-state index is -0.923. The number of benzene rings is 2. The number of hydrogen-bond acceptors (Lipinski definition) is 4. The first-order chi connectivity index (χ1) is 12.6. The quantitative estimate of drug-likeness (QED) is 0.785. The van der Waals surface area contributed by atoms with E-state index in [0.717, 1.165) is 48.5 Å². The van der Waals surface area contributed by atoms with E-state index in [1.165, 1.54) is 5.69 Å². The number of aromatic nitrogens is 1. The molecule has 26 heavy (non-hydrogen) atoms. The summed E-state index contributed by atoms with van der Waals surface area (Å²) in [5.74, 6) is -0.923. The second kappa shape index (κ2) is 6.67. The van der Waals surface area contributed by atoms with Crippen molar-refractivity contribution in [2.24, 2.45) is 0 Å². The second-order valence-electron chi connectivity index (χ2n) is 6.63. The molecule has 5 nitrogen and oxygen atoms in total. The van der Waals surface area contributed by atoms with Crippen LogP contribution in [0.3, 0.4) is 0 Å². The number of anilines is 2. The number of fused-ring (bicyclic) bond motifs is 1. The summed E-state index contributed by atoms with van der Waals surface area (Å²) >= 11 is 0. The van der Waals surface area contributed by atoms with Crippen molar-refractivity contribution in [1.29, 1.82) is 0 Å². The molecule has 0 saturated carbocycles. The predicted molar refractivity (Wildman–Crippen MR) is 104 cm³/mol. The summed E-state index contributed by atoms with van der Waals surface area (Å²) in [6.07, 6.45) is 0. The fourth-order valence-electron chi connectivity index (χ4n) is 3.58. The maximum atomic E-state index is 11.2. The lowest BCUT2D eigenvalue weighted by Crippen LogP contribution is -2.46. The molecular weight excluding hydrogens is 326 g/mol. The molecule has 0 bridgehead atoms. The van der Waals surface area contributed by atoms with Gasteiger partial charge < -0.3 is 14.9 Å². The van der Waals surface area contributed by atoms with Gasteiger partial charge in [-0.15, -0.1) is 0 Å². The SMILES string of the molecule is Cc1cc(N2CCN(c3ccccc3)CC2)c2ccc(C(=O)O)cc2n1. The van der Waals surface area contributed by atoms with Crippen LogP contribution < -0.4 is 9.80 Å². The van der Waals surface area contributed by atoms with Gasteiger partial charge in [0, 0.05) is 48.6 Å². The summed E-state index contributed by atoms with van der Waals surface area (Å²) in [5.41, 5.74) is 4.31. The highest BCUT2D eigenvalue weighted by molar-refractivity contribution is 5.98. The number of rotatable bonds is 3. The van der Waals surface area contributed by atoms with Gasteiger partial charge in [0.15, 0.2) is 0 Å². The molecule has 1 aliphatic heterocycles. The highest BCUT2D eigenvalue weighted by Crippen LogP contribution is 2.29. The van der Waals surface area contributed by atoms with Crippen molar-refractivity contribution in [3.63, 3.8) is 0 Å². The Morgan fingerprint density at radius 3 is 2.35 bits per heavy atom. The molecule has 4 rings (SSSR count). The van der Waals surface area contributed by atoms with Crippen molar-refractivity contribution in [2.75, 3.05) is 36.0 Å². The smallest absolute Gasteiger partial charge is 0.335 e. The first kappa shape index (κ1) is 16.4. The highest BCUT2D eigenvalue weighted by Gasteiger charge is 2.20. The van der Waals surface area contributed by atoms with E-state index in [4.69, 9.17) is 0 Å². The number of carboxylic acids is 1. The molecule has 2 heterocycles. The Balaban J connectivity index is 1.62. The van der Waals surface area contributed by atoms with E-state index in [0.29, 0.717) is 0 Å². The number of aryl methyl sites for hydroxylation is 1. The highest BCUT2D eigenvalue weighted by atomic mass is 16.4. The number of para-hydroxylation sites is 1. The molecule has 0 aliphatic carbocycles. The van der Waals surface area contributed by atoms with Crippen LogP contribution >= 0.6 is 0 Å². The molecule has 0 amide bonds. The normalized spacial score (nSPS) is 14.7. The van der Waals surface area contributed by atoms with Crippen molar-refractivity contribution >= 4 is 28.2 Å². The molecule has 1 N–H and O–H groups in total. The standard InChI is InChI=1S/C21H21N3O2/c1-15-13-20(18-8-7-16(21(25)26)14-19(18)22-15)24-11-9-23(10-12-24)17-5-3-2-4-6-17/h2-8,13-14H,9-12H2,1H3,(H,25,26). The molecule has 1 aliphatic rings. The van der Waals surface area contributed by atoms with Crippen LogP contribution in [0.2, 0.25) is 0 Å². The van der Waals surface area contributed by atoms with Gasteiger partial charge in [-0.2, -0.15) is 0 Å². The molecule has 0 spiro atoms. The predicted octanol–water partition coefficient (Wildman–Crippen LogP) is 3.57. The molecule has 1 fully saturated rings. The minimum absolute atomic E-state index is 0.274. The number of carboxylic acid groups (broad SMARTS) is 1. The largest absolute Gasteiger partial charge is 0.478 e. The third-order valence-electron chi connectivity index (χ3n) is 4.90. The van der Waals surface area contributed by atoms with Gasteiger partial charge in [-0.1, -0.05) is 18.2 Å². The van der Waals surface area contributed by atoms with E-state index in [-0.39, 0.29) is 5.56 Å². The number of nitrogens with zero attached hydrogens (tertiary/aromatic N) is 3. The van der Waals surface area contributed by atoms with Crippen LogP contribution in [0.15, 0.2) is 54.6 Å². The van der Waals surface area contributed by atoms with Gasteiger partial charge in [-0.3, -0.25) is 4.98 Å². The number of pyridine rings is 1. The first-order valence-electron chi connectivity index (χ1n) is 8.81. The summed E-state index contributed by atoms with van der Waals surface area (Å²) in [6.45, 7) is 5.72. The molecule has 3 aromatic rings. The van der Waals surface area contributed by atoms with Gasteiger partial charge in [0.05, 0.1) is 11.1 Å². The summed E-state index contributed by atoms with van der Waals surface area (Å²) in [5, 5.41) is 10.2. The van der Waals surface area contributed by atoms with E-state index in [2.05, 4.69) is 45.1 Å². The number of hydrogen-bond donors (Lipinski definition) is 1. The van der Waals surface area contributed by atoms with Crippen LogP contribution in [-0.2, 0) is 0 Å². The first-order valence-corrected chi connectivity index (χ1v) is 8.81. The Bertz CT molecular complexity index is 948. The molecule has 0 radical (unpaired) electrons. The van der Waals surface area contributed by atoms with E-state index < -0.39 is 5.97 Å². The Labute approximate surface area is 152 Å². The topological polar surface area (TPSA) is 56.7 Å². The van der Waals surface area contributed by atoms with Crippen LogP contribution in [0.25, 0.3) is 10.9 Å². The van der Waals surface area contributed by atoms with Gasteiger partial charge >= 0.3 is 5.97 Å². The summed E-state index contributed by atoms with van der Waals surface area (Å²) < 4.78 is 0. The zero-order valence-corrected chi connectivity index (χ0v) is 14.7. The van der Waals surface area contributed by atoms with Gasteiger partial charge in [0.1, 0.15) is 0 Å². The Hall–Kier alpha value is -3.08. The third kappa shape index (κ3) is 3.08. The van der Waals surface area contributed by atoms with Crippen LogP contribution in [-0.4, -0.2) is 42.2 Å². The zero-order valence-electron chi connectivity index (χ0n) is 14.7. The van der Waals surface area contributed by atoms with E-state index in [9.17, 15) is 9.90 Å². The molecule has 5 heteroatoms. The van der Waals surface area contributed by atoms with Crippen molar-refractivity contribution < 1.29 is 9.90 Å². The second-order valence-corrected chi connectivity index (χ2v) is 6.63. The van der Waals surface area contributed by atoms with Crippen LogP contribution in [0.1, 0.15) is 16.1 Å². The average Bonchev–Trinajstić information content (AvgIpc) is 2.67. The summed E-state index contributed by atoms with van der Waals surface area (Å²) in [6, 6.07) is 17.8. The molecule has 132 valence electrons. The maximum absolute atomic E-state index is 11.2. The molecule has 0 atom stereocenters. The van der Waals surface area contributed by atoms with Gasteiger partial charge in [-0.05, 0) is 43.3 Å². The number of carbonyl (C=O) groups is 1. The van der Waals surface area contributed by atoms with Gasteiger partial charge in [-0.25, -0.2) is 4.79 Å². The fraction of sp³-hybridized carbons (Fsp3) is 0.238. The maximum Gasteiger partial charge on any atom is 0.335 e. The lowest BCUT2D eigenvalue weighted by atomic mass is 10.1. The Morgan fingerprint density at radius 2 is 1.65 bits per heavy atom. The van der Waals surface area contributed by atoms with E-state index in [1.54, 1.807) is 12.1 Å². The fourth-order valence-corrected chi connectivity index (χ4v) is 3.58. The van der Waals surface area contributed by atoms with Crippen LogP contribution in [0.5, 0.6) is 0 Å². The van der Waals surface area contributed by atoms with E-state index >= 15 is 0 Å². The summed E-state index contributed by atoms with van der Waals surface area (Å²) in [7, 11) is 0. The van der Waals surface area contributed by atoms with Crippen molar-refractivity contribution in [2.45, 2.75) is 6.92 Å². The molecule has 2 aromatic carbocycles. The average molecular weight is 347 g/mol. The lowest BCUT2D eigenvalue weighted by Gasteiger charge is -2.38. The van der Waals surface area contributed by atoms with E-state index in [1.807, 2.05) is 19.1 Å². The number of aromatic carboxylic acids is 1. The Morgan fingerprint density at radius 1 is 0.962 bits per heavy atom. The molecular formula is C21H21N3O2. The van der Waals surface area contributed by atoms with Crippen LogP contribution in [0, 0.1) is 6.92 Å². The molecule has 1 saturated heterocycles. The molecule has 0 unspecified atom stereocenters. The third-order valence-corrected chi connectivity index (χ3v) is 4.90.